The van der Waals surface area contributed by atoms with Crippen molar-refractivity contribution >= 4 is 5.84 Å². The Morgan fingerprint density at radius 3 is 2.77 bits per heavy atom. The van der Waals surface area contributed by atoms with Gasteiger partial charge in [-0.3, -0.25) is 4.99 Å². The van der Waals surface area contributed by atoms with Gasteiger partial charge < -0.3 is 4.90 Å². The highest BCUT2D eigenvalue weighted by Crippen LogP contribution is 2.16. The molecule has 1 heterocycles. The predicted octanol–water partition coefficient (Wildman–Crippen LogP) is 2.71. The highest BCUT2D eigenvalue weighted by Gasteiger charge is 2.10. The number of rotatable bonds is 1. The van der Waals surface area contributed by atoms with Gasteiger partial charge in [-0.2, -0.15) is 0 Å². The van der Waals surface area contributed by atoms with E-state index in [0.717, 1.165) is 18.0 Å². The molecule has 0 unspecified atom stereocenters. The van der Waals surface area contributed by atoms with E-state index >= 15 is 0 Å². The van der Waals surface area contributed by atoms with Gasteiger partial charge in [-0.25, -0.2) is 0 Å². The summed E-state index contributed by atoms with van der Waals surface area (Å²) in [4.78, 5) is 6.26. The highest BCUT2D eigenvalue weighted by molar-refractivity contribution is 5.85. The molecule has 0 aromatic carbocycles. The molecule has 0 saturated heterocycles. The van der Waals surface area contributed by atoms with Gasteiger partial charge in [0.15, 0.2) is 0 Å². The summed E-state index contributed by atoms with van der Waals surface area (Å²) in [7, 11) is 1.81. The standard InChI is InChI=1S/C11H16N2/c1-5-11(12-4)13-8-9(2)6-7-10(13)3/h6-8H,3,5H2,1-2,4H3/b12-11-. The van der Waals surface area contributed by atoms with Crippen LogP contribution in [0.3, 0.4) is 0 Å². The van der Waals surface area contributed by atoms with Crippen molar-refractivity contribution in [3.63, 3.8) is 0 Å². The Bertz CT molecular complexity index is 295. The van der Waals surface area contributed by atoms with Crippen molar-refractivity contribution in [3.8, 4) is 0 Å². The van der Waals surface area contributed by atoms with Gasteiger partial charge in [-0.05, 0) is 18.6 Å². The van der Waals surface area contributed by atoms with E-state index in [9.17, 15) is 0 Å². The third-order valence-electron chi connectivity index (χ3n) is 2.03. The first-order chi connectivity index (χ1) is 6.19. The summed E-state index contributed by atoms with van der Waals surface area (Å²) >= 11 is 0. The zero-order chi connectivity index (χ0) is 9.84. The van der Waals surface area contributed by atoms with Gasteiger partial charge in [0, 0.05) is 25.4 Å². The second kappa shape index (κ2) is 4.08. The second-order valence-electron chi connectivity index (χ2n) is 3.06. The van der Waals surface area contributed by atoms with E-state index in [1.54, 1.807) is 0 Å². The number of aliphatic imine (C=N–C) groups is 1. The van der Waals surface area contributed by atoms with E-state index in [-0.39, 0.29) is 0 Å². The zero-order valence-electron chi connectivity index (χ0n) is 8.54. The van der Waals surface area contributed by atoms with Gasteiger partial charge in [-0.15, -0.1) is 0 Å². The van der Waals surface area contributed by atoms with Gasteiger partial charge in [0.1, 0.15) is 5.84 Å². The van der Waals surface area contributed by atoms with Gasteiger partial charge in [-0.1, -0.05) is 19.6 Å². The van der Waals surface area contributed by atoms with Crippen molar-refractivity contribution in [2.24, 2.45) is 4.99 Å². The number of hydrogen-bond donors (Lipinski definition) is 0. The van der Waals surface area contributed by atoms with Gasteiger partial charge in [0.05, 0.1) is 0 Å². The van der Waals surface area contributed by atoms with Crippen molar-refractivity contribution in [3.05, 3.63) is 36.2 Å². The van der Waals surface area contributed by atoms with Crippen LogP contribution in [0.15, 0.2) is 41.2 Å². The number of allylic oxidation sites excluding steroid dienone is 3. The van der Waals surface area contributed by atoms with Crippen molar-refractivity contribution in [1.82, 2.24) is 4.90 Å². The number of amidine groups is 1. The molecule has 0 N–H and O–H groups in total. The minimum Gasteiger partial charge on any atom is -0.306 e. The summed E-state index contributed by atoms with van der Waals surface area (Å²) in [6, 6.07) is 0. The van der Waals surface area contributed by atoms with Crippen LogP contribution in [0.1, 0.15) is 20.3 Å². The van der Waals surface area contributed by atoms with Crippen LogP contribution in [0.4, 0.5) is 0 Å². The van der Waals surface area contributed by atoms with E-state index in [2.05, 4.69) is 37.7 Å². The Balaban J connectivity index is 2.92. The van der Waals surface area contributed by atoms with E-state index in [4.69, 9.17) is 0 Å². The fraction of sp³-hybridized carbons (Fsp3) is 0.364. The Morgan fingerprint density at radius 1 is 1.54 bits per heavy atom. The molecule has 0 fully saturated rings. The lowest BCUT2D eigenvalue weighted by Crippen LogP contribution is -2.25. The molecule has 2 nitrogen and oxygen atoms in total. The summed E-state index contributed by atoms with van der Waals surface area (Å²) in [5, 5.41) is 0. The van der Waals surface area contributed by atoms with Crippen LogP contribution in [0.2, 0.25) is 0 Å². The fourth-order valence-electron chi connectivity index (χ4n) is 1.31. The van der Waals surface area contributed by atoms with Crippen LogP contribution in [-0.2, 0) is 0 Å². The minimum atomic E-state index is 0.924. The molecule has 1 aliphatic heterocycles. The number of hydrogen-bond acceptors (Lipinski definition) is 1. The molecular weight excluding hydrogens is 160 g/mol. The van der Waals surface area contributed by atoms with E-state index < -0.39 is 0 Å². The van der Waals surface area contributed by atoms with Crippen molar-refractivity contribution < 1.29 is 0 Å². The molecule has 13 heavy (non-hydrogen) atoms. The lowest BCUT2D eigenvalue weighted by Gasteiger charge is -2.25. The summed E-state index contributed by atoms with van der Waals surface area (Å²) in [5.74, 6) is 1.05. The SMILES string of the molecule is C=C1C=CC(C)=CN1/C(CC)=N\C. The van der Waals surface area contributed by atoms with Crippen LogP contribution in [0.25, 0.3) is 0 Å². The molecule has 1 aliphatic rings. The zero-order valence-corrected chi connectivity index (χ0v) is 8.54. The van der Waals surface area contributed by atoms with Crippen LogP contribution >= 0.6 is 0 Å². The molecule has 0 saturated carbocycles. The maximum Gasteiger partial charge on any atom is 0.107 e. The van der Waals surface area contributed by atoms with Gasteiger partial charge in [0.25, 0.3) is 0 Å². The molecule has 0 amide bonds. The number of nitrogens with zero attached hydrogens (tertiary/aromatic N) is 2. The molecule has 0 bridgehead atoms. The molecule has 1 rings (SSSR count). The third-order valence-corrected chi connectivity index (χ3v) is 2.03. The molecule has 0 aliphatic carbocycles. The topological polar surface area (TPSA) is 15.6 Å². The van der Waals surface area contributed by atoms with E-state index in [1.807, 2.05) is 18.0 Å². The van der Waals surface area contributed by atoms with Crippen molar-refractivity contribution in [2.75, 3.05) is 7.05 Å². The summed E-state index contributed by atoms with van der Waals surface area (Å²) in [6.45, 7) is 8.12. The minimum absolute atomic E-state index is 0.924. The quantitative estimate of drug-likeness (QED) is 0.443. The van der Waals surface area contributed by atoms with Crippen LogP contribution in [0.5, 0.6) is 0 Å². The normalized spacial score (nSPS) is 17.8. The highest BCUT2D eigenvalue weighted by atomic mass is 15.2. The molecule has 2 heteroatoms. The molecule has 70 valence electrons. The molecule has 0 radical (unpaired) electrons. The largest absolute Gasteiger partial charge is 0.306 e. The smallest absolute Gasteiger partial charge is 0.107 e. The average molecular weight is 176 g/mol. The Kier molecular flexibility index (Phi) is 3.07. The first-order valence-corrected chi connectivity index (χ1v) is 4.49. The summed E-state index contributed by atoms with van der Waals surface area (Å²) < 4.78 is 0. The monoisotopic (exact) mass is 176 g/mol. The maximum absolute atomic E-state index is 4.22. The van der Waals surface area contributed by atoms with Crippen LogP contribution < -0.4 is 0 Å². The first kappa shape index (κ1) is 9.78. The Labute approximate surface area is 80.0 Å². The second-order valence-corrected chi connectivity index (χ2v) is 3.06. The summed E-state index contributed by atoms with van der Waals surface area (Å²) in [5.41, 5.74) is 2.20. The lowest BCUT2D eigenvalue weighted by molar-refractivity contribution is 0.681. The van der Waals surface area contributed by atoms with Crippen molar-refractivity contribution in [2.45, 2.75) is 20.3 Å². The first-order valence-electron chi connectivity index (χ1n) is 4.49. The lowest BCUT2D eigenvalue weighted by atomic mass is 10.2. The summed E-state index contributed by atoms with van der Waals surface area (Å²) in [6.07, 6.45) is 7.05. The third kappa shape index (κ3) is 2.08. The molecule has 0 aromatic heterocycles. The predicted molar refractivity (Wildman–Crippen MR) is 57.5 cm³/mol. The molecule has 0 spiro atoms. The van der Waals surface area contributed by atoms with Crippen LogP contribution in [-0.4, -0.2) is 17.8 Å². The fourth-order valence-corrected chi connectivity index (χ4v) is 1.31. The van der Waals surface area contributed by atoms with Crippen LogP contribution in [0, 0.1) is 0 Å². The van der Waals surface area contributed by atoms with Gasteiger partial charge >= 0.3 is 0 Å². The molecule has 0 aromatic rings. The molecule has 0 atom stereocenters. The molecular formula is C11H16N2. The maximum atomic E-state index is 4.22. The average Bonchev–Trinajstić information content (AvgIpc) is 2.13. The Hall–Kier alpha value is -1.31. The van der Waals surface area contributed by atoms with Crippen molar-refractivity contribution in [1.29, 1.82) is 0 Å². The van der Waals surface area contributed by atoms with E-state index in [1.165, 1.54) is 5.57 Å². The van der Waals surface area contributed by atoms with E-state index in [0.29, 0.717) is 0 Å². The Morgan fingerprint density at radius 2 is 2.23 bits per heavy atom. The van der Waals surface area contributed by atoms with Gasteiger partial charge in [0.2, 0.25) is 0 Å².